The highest BCUT2D eigenvalue weighted by Gasteiger charge is 2.30. The molecule has 8 heteroatoms. The van der Waals surface area contributed by atoms with Crippen molar-refractivity contribution in [3.8, 4) is 0 Å². The lowest BCUT2D eigenvalue weighted by Gasteiger charge is -2.34. The molecule has 0 bridgehead atoms. The van der Waals surface area contributed by atoms with Crippen molar-refractivity contribution < 1.29 is 18.3 Å². The van der Waals surface area contributed by atoms with E-state index in [-0.39, 0.29) is 22.8 Å². The number of aliphatic hydroxyl groups excluding tert-OH is 1. The minimum atomic E-state index is -3.59. The Labute approximate surface area is 129 Å². The quantitative estimate of drug-likeness (QED) is 0.827. The summed E-state index contributed by atoms with van der Waals surface area (Å²) in [4.78, 5) is 13.6. The molecule has 21 heavy (non-hydrogen) atoms. The first-order valence-electron chi connectivity index (χ1n) is 6.72. The van der Waals surface area contributed by atoms with Crippen LogP contribution in [-0.4, -0.2) is 61.9 Å². The molecule has 1 saturated carbocycles. The van der Waals surface area contributed by atoms with Crippen molar-refractivity contribution >= 4 is 27.3 Å². The van der Waals surface area contributed by atoms with Gasteiger partial charge in [-0.2, -0.15) is 4.31 Å². The number of carbonyl (C=O) groups excluding carboxylic acids is 1. The van der Waals surface area contributed by atoms with Crippen LogP contribution in [0.25, 0.3) is 0 Å². The topological polar surface area (TPSA) is 77.9 Å². The Bertz CT molecular complexity index is 579. The summed E-state index contributed by atoms with van der Waals surface area (Å²) in [5.41, 5.74) is 0. The predicted octanol–water partition coefficient (Wildman–Crippen LogP) is 0.598. The first-order chi connectivity index (χ1) is 9.80. The van der Waals surface area contributed by atoms with Gasteiger partial charge in [0.2, 0.25) is 5.91 Å². The lowest BCUT2D eigenvalue weighted by Crippen LogP contribution is -2.43. The van der Waals surface area contributed by atoms with Crippen molar-refractivity contribution in [3.63, 3.8) is 0 Å². The Morgan fingerprint density at radius 2 is 2.10 bits per heavy atom. The van der Waals surface area contributed by atoms with Gasteiger partial charge in [0.05, 0.1) is 12.6 Å². The van der Waals surface area contributed by atoms with Crippen molar-refractivity contribution in [2.24, 2.45) is 5.92 Å². The van der Waals surface area contributed by atoms with E-state index in [0.717, 1.165) is 15.6 Å². The summed E-state index contributed by atoms with van der Waals surface area (Å²) >= 11 is 1.13. The smallest absolute Gasteiger partial charge is 0.252 e. The zero-order chi connectivity index (χ0) is 15.6. The third-order valence-electron chi connectivity index (χ3n) is 3.69. The summed E-state index contributed by atoms with van der Waals surface area (Å²) in [5.74, 6) is 0.0761. The molecule has 0 atom stereocenters. The molecule has 1 N–H and O–H groups in total. The van der Waals surface area contributed by atoms with Gasteiger partial charge in [0.1, 0.15) is 4.21 Å². The summed E-state index contributed by atoms with van der Waals surface area (Å²) < 4.78 is 25.7. The first-order valence-corrected chi connectivity index (χ1v) is 9.04. The van der Waals surface area contributed by atoms with E-state index in [9.17, 15) is 18.3 Å². The number of aliphatic hydroxyl groups is 1. The van der Waals surface area contributed by atoms with Crippen LogP contribution >= 0.6 is 11.3 Å². The van der Waals surface area contributed by atoms with Crippen LogP contribution in [0.2, 0.25) is 0 Å². The Morgan fingerprint density at radius 3 is 2.62 bits per heavy atom. The van der Waals surface area contributed by atoms with E-state index in [0.29, 0.717) is 25.3 Å². The fourth-order valence-electron chi connectivity index (χ4n) is 2.30. The van der Waals surface area contributed by atoms with E-state index in [1.807, 2.05) is 0 Å². The number of amides is 1. The maximum Gasteiger partial charge on any atom is 0.252 e. The zero-order valence-electron chi connectivity index (χ0n) is 12.1. The molecule has 1 amide bonds. The number of nitrogens with zero attached hydrogens (tertiary/aromatic N) is 2. The monoisotopic (exact) mass is 332 g/mol. The highest BCUT2D eigenvalue weighted by molar-refractivity contribution is 7.91. The third-order valence-corrected chi connectivity index (χ3v) is 6.86. The van der Waals surface area contributed by atoms with Crippen LogP contribution in [0.3, 0.4) is 0 Å². The molecule has 6 nitrogen and oxygen atoms in total. The molecule has 1 aromatic rings. The van der Waals surface area contributed by atoms with Gasteiger partial charge in [-0.1, -0.05) is 6.07 Å². The Morgan fingerprint density at radius 1 is 1.43 bits per heavy atom. The molecule has 0 saturated heterocycles. The molecule has 1 aromatic heterocycles. The summed E-state index contributed by atoms with van der Waals surface area (Å²) in [5, 5.41) is 10.9. The number of hydrogen-bond donors (Lipinski definition) is 1. The molecule has 0 spiro atoms. The van der Waals surface area contributed by atoms with Gasteiger partial charge in [-0.05, 0) is 30.2 Å². The molecule has 0 radical (unpaired) electrons. The Kier molecular flexibility index (Phi) is 5.03. The average molecular weight is 332 g/mol. The summed E-state index contributed by atoms with van der Waals surface area (Å²) in [6.07, 6.45) is 1.17. The molecule has 1 aliphatic rings. The molecule has 0 unspecified atom stereocenters. The number of likely N-dealkylation sites (N-methyl/N-ethyl adjacent to an activating group) is 2. The second kappa shape index (κ2) is 6.43. The van der Waals surface area contributed by atoms with Crippen LogP contribution in [0.4, 0.5) is 0 Å². The van der Waals surface area contributed by atoms with E-state index < -0.39 is 10.0 Å². The van der Waals surface area contributed by atoms with Crippen molar-refractivity contribution in [1.29, 1.82) is 0 Å². The largest absolute Gasteiger partial charge is 0.393 e. The van der Waals surface area contributed by atoms with Gasteiger partial charge < -0.3 is 10.0 Å². The van der Waals surface area contributed by atoms with Crippen LogP contribution in [-0.2, 0) is 14.8 Å². The van der Waals surface area contributed by atoms with Gasteiger partial charge in [-0.3, -0.25) is 4.79 Å². The van der Waals surface area contributed by atoms with E-state index in [2.05, 4.69) is 0 Å². The Balaban J connectivity index is 1.89. The standard InChI is InChI=1S/C13H20N2O4S2/c1-14(8-10-6-11(16)7-10)12(17)9-15(2)21(18,19)13-4-3-5-20-13/h3-5,10-11,16H,6-9H2,1-2H3. The van der Waals surface area contributed by atoms with Crippen molar-refractivity contribution in [2.45, 2.75) is 23.2 Å². The van der Waals surface area contributed by atoms with E-state index >= 15 is 0 Å². The maximum absolute atomic E-state index is 12.2. The predicted molar refractivity (Wildman–Crippen MR) is 80.5 cm³/mol. The van der Waals surface area contributed by atoms with Gasteiger partial charge in [-0.25, -0.2) is 8.42 Å². The van der Waals surface area contributed by atoms with Crippen LogP contribution in [0.1, 0.15) is 12.8 Å². The van der Waals surface area contributed by atoms with Crippen LogP contribution in [0, 0.1) is 5.92 Å². The van der Waals surface area contributed by atoms with Crippen molar-refractivity contribution in [2.75, 3.05) is 27.2 Å². The molecule has 2 rings (SSSR count). The fraction of sp³-hybridized carbons (Fsp3) is 0.615. The van der Waals surface area contributed by atoms with Crippen LogP contribution in [0.5, 0.6) is 0 Å². The normalized spacial score (nSPS) is 22.1. The van der Waals surface area contributed by atoms with Gasteiger partial charge >= 0.3 is 0 Å². The van der Waals surface area contributed by atoms with Gasteiger partial charge in [0.25, 0.3) is 10.0 Å². The number of rotatable bonds is 6. The first kappa shape index (κ1) is 16.4. The summed E-state index contributed by atoms with van der Waals surface area (Å²) in [6.45, 7) is 0.384. The second-order valence-electron chi connectivity index (χ2n) is 5.46. The third kappa shape index (κ3) is 3.82. The number of sulfonamides is 1. The molecule has 118 valence electrons. The molecule has 0 aliphatic heterocycles. The van der Waals surface area contributed by atoms with Gasteiger partial charge in [0, 0.05) is 20.6 Å². The SMILES string of the molecule is CN(CC1CC(O)C1)C(=O)CN(C)S(=O)(=O)c1cccs1. The van der Waals surface area contributed by atoms with Crippen molar-refractivity contribution in [1.82, 2.24) is 9.21 Å². The molecular weight excluding hydrogens is 312 g/mol. The summed E-state index contributed by atoms with van der Waals surface area (Å²) in [6, 6.07) is 3.20. The van der Waals surface area contributed by atoms with Crippen molar-refractivity contribution in [3.05, 3.63) is 17.5 Å². The van der Waals surface area contributed by atoms with Crippen LogP contribution in [0.15, 0.2) is 21.7 Å². The molecule has 1 fully saturated rings. The summed E-state index contributed by atoms with van der Waals surface area (Å²) in [7, 11) is -0.513. The highest BCUT2D eigenvalue weighted by atomic mass is 32.2. The number of thiophene rings is 1. The van der Waals surface area contributed by atoms with Crippen LogP contribution < -0.4 is 0 Å². The minimum Gasteiger partial charge on any atom is -0.393 e. The molecule has 0 aromatic carbocycles. The second-order valence-corrected chi connectivity index (χ2v) is 8.68. The molecular formula is C13H20N2O4S2. The van der Waals surface area contributed by atoms with E-state index in [1.54, 1.807) is 18.5 Å². The molecule has 1 heterocycles. The molecule has 1 aliphatic carbocycles. The van der Waals surface area contributed by atoms with E-state index in [1.165, 1.54) is 18.0 Å². The lowest BCUT2D eigenvalue weighted by atomic mass is 9.82. The minimum absolute atomic E-state index is 0.175. The van der Waals surface area contributed by atoms with E-state index in [4.69, 9.17) is 0 Å². The van der Waals surface area contributed by atoms with Gasteiger partial charge in [0.15, 0.2) is 0 Å². The highest BCUT2D eigenvalue weighted by Crippen LogP contribution is 2.27. The lowest BCUT2D eigenvalue weighted by molar-refractivity contribution is -0.131. The van der Waals surface area contributed by atoms with Gasteiger partial charge in [-0.15, -0.1) is 11.3 Å². The maximum atomic E-state index is 12.2. The number of hydrogen-bond acceptors (Lipinski definition) is 5. The Hall–Kier alpha value is -0.960. The number of carbonyl (C=O) groups is 1. The zero-order valence-corrected chi connectivity index (χ0v) is 13.7. The fourth-order valence-corrected chi connectivity index (χ4v) is 4.62. The average Bonchev–Trinajstić information content (AvgIpc) is 2.90.